The van der Waals surface area contributed by atoms with Gasteiger partial charge in [-0.25, -0.2) is 0 Å². The zero-order chi connectivity index (χ0) is 14.5. The number of carboxylic acid groups (broad SMARTS) is 1. The fourth-order valence-corrected chi connectivity index (χ4v) is 2.14. The molecule has 0 unspecified atom stereocenters. The Balaban J connectivity index is 1.91. The molecule has 0 aliphatic carbocycles. The fraction of sp³-hybridized carbons (Fsp3) is 0.286. The molecule has 1 heterocycles. The van der Waals surface area contributed by atoms with Crippen molar-refractivity contribution in [2.24, 2.45) is 0 Å². The van der Waals surface area contributed by atoms with Crippen LogP contribution in [0.25, 0.3) is 10.9 Å². The van der Waals surface area contributed by atoms with Crippen molar-refractivity contribution in [1.82, 2.24) is 9.88 Å². The van der Waals surface area contributed by atoms with Crippen molar-refractivity contribution < 1.29 is 14.7 Å². The van der Waals surface area contributed by atoms with E-state index in [0.29, 0.717) is 18.0 Å². The van der Waals surface area contributed by atoms with E-state index in [9.17, 15) is 9.59 Å². The standard InChI is InChI=1S/C14H15ClN2O3/c15-11-2-1-10-4-7-17(12(10)9-11)8-5-13(18)16-6-3-14(19)20/h1-2,4,7,9H,3,5-6,8H2,(H,16,18)(H,19,20). The van der Waals surface area contributed by atoms with Gasteiger partial charge in [0, 0.05) is 36.2 Å². The van der Waals surface area contributed by atoms with E-state index in [0.717, 1.165) is 10.9 Å². The molecule has 0 atom stereocenters. The number of hydrogen-bond donors (Lipinski definition) is 2. The SMILES string of the molecule is O=C(O)CCNC(=O)CCn1ccc2ccc(Cl)cc21. The summed E-state index contributed by atoms with van der Waals surface area (Å²) in [5.74, 6) is -1.08. The average Bonchev–Trinajstić information content (AvgIpc) is 2.78. The number of aryl methyl sites for hydroxylation is 1. The number of carboxylic acids is 1. The minimum absolute atomic E-state index is 0.0617. The lowest BCUT2D eigenvalue weighted by Gasteiger charge is -2.06. The maximum Gasteiger partial charge on any atom is 0.305 e. The molecule has 0 radical (unpaired) electrons. The van der Waals surface area contributed by atoms with Gasteiger partial charge >= 0.3 is 5.97 Å². The average molecular weight is 295 g/mol. The van der Waals surface area contributed by atoms with Gasteiger partial charge in [0.2, 0.25) is 5.91 Å². The first-order valence-electron chi connectivity index (χ1n) is 6.29. The van der Waals surface area contributed by atoms with E-state index in [4.69, 9.17) is 16.7 Å². The largest absolute Gasteiger partial charge is 0.481 e. The summed E-state index contributed by atoms with van der Waals surface area (Å²) in [6, 6.07) is 7.58. The first-order valence-corrected chi connectivity index (χ1v) is 6.67. The molecular formula is C14H15ClN2O3. The van der Waals surface area contributed by atoms with Crippen LogP contribution >= 0.6 is 11.6 Å². The quantitative estimate of drug-likeness (QED) is 0.858. The van der Waals surface area contributed by atoms with Gasteiger partial charge in [0.15, 0.2) is 0 Å². The molecule has 0 aliphatic heterocycles. The monoisotopic (exact) mass is 294 g/mol. The number of carbonyl (C=O) groups excluding carboxylic acids is 1. The number of aliphatic carboxylic acids is 1. The van der Waals surface area contributed by atoms with Crippen LogP contribution < -0.4 is 5.32 Å². The third-order valence-corrected chi connectivity index (χ3v) is 3.21. The van der Waals surface area contributed by atoms with Crippen LogP contribution in [0.3, 0.4) is 0 Å². The maximum absolute atomic E-state index is 11.6. The Labute approximate surface area is 121 Å². The fourth-order valence-electron chi connectivity index (χ4n) is 1.97. The third kappa shape index (κ3) is 3.74. The number of halogens is 1. The van der Waals surface area contributed by atoms with Crippen LogP contribution in [0.2, 0.25) is 5.02 Å². The second-order valence-corrected chi connectivity index (χ2v) is 4.89. The van der Waals surface area contributed by atoms with Crippen molar-refractivity contribution in [1.29, 1.82) is 0 Å². The zero-order valence-electron chi connectivity index (χ0n) is 10.8. The van der Waals surface area contributed by atoms with Crippen molar-refractivity contribution in [3.05, 3.63) is 35.5 Å². The number of rotatable bonds is 6. The molecule has 0 saturated carbocycles. The van der Waals surface area contributed by atoms with Crippen molar-refractivity contribution >= 4 is 34.4 Å². The van der Waals surface area contributed by atoms with Crippen LogP contribution in [-0.2, 0) is 16.1 Å². The molecule has 2 rings (SSSR count). The number of nitrogens with one attached hydrogen (secondary N) is 1. The number of benzene rings is 1. The minimum atomic E-state index is -0.920. The van der Waals surface area contributed by atoms with Gasteiger partial charge in [-0.2, -0.15) is 0 Å². The lowest BCUT2D eigenvalue weighted by molar-refractivity contribution is -0.136. The van der Waals surface area contributed by atoms with E-state index in [1.165, 1.54) is 0 Å². The molecule has 20 heavy (non-hydrogen) atoms. The predicted molar refractivity (Wildman–Crippen MR) is 76.8 cm³/mol. The lowest BCUT2D eigenvalue weighted by atomic mass is 10.2. The molecular weight excluding hydrogens is 280 g/mol. The van der Waals surface area contributed by atoms with E-state index in [2.05, 4.69) is 5.32 Å². The number of nitrogens with zero attached hydrogens (tertiary/aromatic N) is 1. The van der Waals surface area contributed by atoms with Crippen LogP contribution in [0.4, 0.5) is 0 Å². The molecule has 0 bridgehead atoms. The Morgan fingerprint density at radius 3 is 2.80 bits per heavy atom. The van der Waals surface area contributed by atoms with Crippen LogP contribution in [0, 0.1) is 0 Å². The van der Waals surface area contributed by atoms with Gasteiger partial charge in [-0.1, -0.05) is 17.7 Å². The topological polar surface area (TPSA) is 71.3 Å². The number of hydrogen-bond acceptors (Lipinski definition) is 2. The predicted octanol–water partition coefficient (Wildman–Crippen LogP) is 2.28. The van der Waals surface area contributed by atoms with Crippen LogP contribution in [0.15, 0.2) is 30.5 Å². The van der Waals surface area contributed by atoms with Gasteiger partial charge in [-0.05, 0) is 23.6 Å². The Morgan fingerprint density at radius 1 is 1.25 bits per heavy atom. The highest BCUT2D eigenvalue weighted by atomic mass is 35.5. The maximum atomic E-state index is 11.6. The highest BCUT2D eigenvalue weighted by Crippen LogP contribution is 2.20. The molecule has 0 saturated heterocycles. The second kappa shape index (κ2) is 6.43. The van der Waals surface area contributed by atoms with Gasteiger partial charge in [0.05, 0.1) is 6.42 Å². The lowest BCUT2D eigenvalue weighted by Crippen LogP contribution is -2.26. The highest BCUT2D eigenvalue weighted by molar-refractivity contribution is 6.31. The molecule has 0 fully saturated rings. The summed E-state index contributed by atoms with van der Waals surface area (Å²) in [6.07, 6.45) is 2.15. The Hall–Kier alpha value is -2.01. The Kier molecular flexibility index (Phi) is 4.63. The summed E-state index contributed by atoms with van der Waals surface area (Å²) in [7, 11) is 0. The minimum Gasteiger partial charge on any atom is -0.481 e. The molecule has 5 nitrogen and oxygen atoms in total. The molecule has 106 valence electrons. The molecule has 0 spiro atoms. The van der Waals surface area contributed by atoms with E-state index < -0.39 is 5.97 Å². The summed E-state index contributed by atoms with van der Waals surface area (Å²) in [6.45, 7) is 0.690. The number of fused-ring (bicyclic) bond motifs is 1. The summed E-state index contributed by atoms with van der Waals surface area (Å²) < 4.78 is 1.96. The van der Waals surface area contributed by atoms with Crippen molar-refractivity contribution in [2.75, 3.05) is 6.54 Å². The van der Waals surface area contributed by atoms with Crippen LogP contribution in [-0.4, -0.2) is 28.1 Å². The molecule has 6 heteroatoms. The van der Waals surface area contributed by atoms with E-state index in [-0.39, 0.29) is 18.9 Å². The summed E-state index contributed by atoms with van der Waals surface area (Å²) in [5.41, 5.74) is 0.982. The van der Waals surface area contributed by atoms with E-state index in [1.807, 2.05) is 35.0 Å². The Morgan fingerprint density at radius 2 is 2.05 bits per heavy atom. The number of aromatic nitrogens is 1. The molecule has 1 amide bonds. The molecule has 1 aromatic carbocycles. The van der Waals surface area contributed by atoms with Gasteiger partial charge in [0.1, 0.15) is 0 Å². The highest BCUT2D eigenvalue weighted by Gasteiger charge is 2.06. The second-order valence-electron chi connectivity index (χ2n) is 4.46. The van der Waals surface area contributed by atoms with Crippen molar-refractivity contribution in [3.63, 3.8) is 0 Å². The van der Waals surface area contributed by atoms with Gasteiger partial charge in [-0.15, -0.1) is 0 Å². The summed E-state index contributed by atoms with van der Waals surface area (Å²) >= 11 is 5.96. The van der Waals surface area contributed by atoms with Crippen LogP contribution in [0.1, 0.15) is 12.8 Å². The van der Waals surface area contributed by atoms with E-state index >= 15 is 0 Å². The van der Waals surface area contributed by atoms with Gasteiger partial charge < -0.3 is 15.0 Å². The molecule has 2 N–H and O–H groups in total. The smallest absolute Gasteiger partial charge is 0.305 e. The normalized spacial score (nSPS) is 10.7. The Bertz CT molecular complexity index is 636. The summed E-state index contributed by atoms with van der Waals surface area (Å²) in [4.78, 5) is 21.9. The molecule has 0 aliphatic rings. The van der Waals surface area contributed by atoms with Crippen LogP contribution in [0.5, 0.6) is 0 Å². The third-order valence-electron chi connectivity index (χ3n) is 2.98. The number of amides is 1. The van der Waals surface area contributed by atoms with Crippen molar-refractivity contribution in [2.45, 2.75) is 19.4 Å². The summed E-state index contributed by atoms with van der Waals surface area (Å²) in [5, 5.41) is 12.8. The van der Waals surface area contributed by atoms with Gasteiger partial charge in [0.25, 0.3) is 0 Å². The first-order chi connectivity index (χ1) is 9.56. The molecule has 2 aromatic rings. The van der Waals surface area contributed by atoms with Gasteiger partial charge in [-0.3, -0.25) is 9.59 Å². The van der Waals surface area contributed by atoms with E-state index in [1.54, 1.807) is 0 Å². The zero-order valence-corrected chi connectivity index (χ0v) is 11.6. The van der Waals surface area contributed by atoms with Crippen molar-refractivity contribution in [3.8, 4) is 0 Å². The first kappa shape index (κ1) is 14.4. The molecule has 1 aromatic heterocycles. The number of carbonyl (C=O) groups is 2.